The van der Waals surface area contributed by atoms with Gasteiger partial charge in [0, 0.05) is 0 Å². The number of rotatable bonds is 4. The van der Waals surface area contributed by atoms with Crippen LogP contribution in [0.25, 0.3) is 0 Å². The molecular weight excluding hydrogens is 284 g/mol. The molecule has 0 amide bonds. The van der Waals surface area contributed by atoms with Crippen LogP contribution in [0.4, 0.5) is 0 Å². The molecule has 1 aliphatic rings. The minimum atomic E-state index is -0.864. The third-order valence-electron chi connectivity index (χ3n) is 3.66. The molecule has 0 N–H and O–H groups in total. The standard InChI is InChI=1S/C17H20O5/c1-5-21-17(19)15-14(12-8-6-10(2)7-9-12)13(11(3)22-15)16(18)20-4/h6-9,14-15H,5H2,1-4H3/t14-,15-/m0/s1. The molecule has 2 atom stereocenters. The van der Waals surface area contributed by atoms with Gasteiger partial charge in [-0.15, -0.1) is 0 Å². The smallest absolute Gasteiger partial charge is 0.348 e. The van der Waals surface area contributed by atoms with Gasteiger partial charge in [-0.25, -0.2) is 9.59 Å². The summed E-state index contributed by atoms with van der Waals surface area (Å²) in [4.78, 5) is 24.3. The second-order valence-corrected chi connectivity index (χ2v) is 5.14. The van der Waals surface area contributed by atoms with Gasteiger partial charge in [0.1, 0.15) is 5.76 Å². The number of esters is 2. The third-order valence-corrected chi connectivity index (χ3v) is 3.66. The van der Waals surface area contributed by atoms with Crippen LogP contribution < -0.4 is 0 Å². The maximum atomic E-state index is 12.2. The Labute approximate surface area is 129 Å². The average Bonchev–Trinajstić information content (AvgIpc) is 2.85. The van der Waals surface area contributed by atoms with Gasteiger partial charge in [-0.3, -0.25) is 0 Å². The number of carbonyl (C=O) groups is 2. The van der Waals surface area contributed by atoms with Crippen molar-refractivity contribution >= 4 is 11.9 Å². The number of aryl methyl sites for hydroxylation is 1. The number of benzene rings is 1. The van der Waals surface area contributed by atoms with Crippen molar-refractivity contribution in [1.29, 1.82) is 0 Å². The summed E-state index contributed by atoms with van der Waals surface area (Å²) < 4.78 is 15.5. The second-order valence-electron chi connectivity index (χ2n) is 5.14. The Hall–Kier alpha value is -2.30. The van der Waals surface area contributed by atoms with E-state index in [1.165, 1.54) is 7.11 Å². The van der Waals surface area contributed by atoms with Gasteiger partial charge < -0.3 is 14.2 Å². The Morgan fingerprint density at radius 2 is 1.82 bits per heavy atom. The molecule has 0 fully saturated rings. The Balaban J connectivity index is 2.45. The Bertz CT molecular complexity index is 600. The van der Waals surface area contributed by atoms with E-state index >= 15 is 0 Å². The van der Waals surface area contributed by atoms with Crippen molar-refractivity contribution in [3.05, 3.63) is 46.7 Å². The first-order valence-corrected chi connectivity index (χ1v) is 7.18. The summed E-state index contributed by atoms with van der Waals surface area (Å²) in [6.07, 6.45) is -0.864. The highest BCUT2D eigenvalue weighted by Crippen LogP contribution is 2.40. The highest BCUT2D eigenvalue weighted by Gasteiger charge is 2.45. The second kappa shape index (κ2) is 6.64. The van der Waals surface area contributed by atoms with Crippen molar-refractivity contribution in [3.63, 3.8) is 0 Å². The number of allylic oxidation sites excluding steroid dienone is 1. The molecule has 5 nitrogen and oxygen atoms in total. The van der Waals surface area contributed by atoms with Crippen LogP contribution in [-0.4, -0.2) is 31.8 Å². The Kier molecular flexibility index (Phi) is 4.85. The number of carbonyl (C=O) groups excluding carboxylic acids is 2. The van der Waals surface area contributed by atoms with E-state index in [-0.39, 0.29) is 6.61 Å². The Morgan fingerprint density at radius 3 is 2.36 bits per heavy atom. The minimum Gasteiger partial charge on any atom is -0.482 e. The summed E-state index contributed by atoms with van der Waals surface area (Å²) in [6, 6.07) is 7.63. The lowest BCUT2D eigenvalue weighted by atomic mass is 9.87. The normalized spacial score (nSPS) is 20.5. The molecule has 0 aromatic heterocycles. The van der Waals surface area contributed by atoms with E-state index in [0.29, 0.717) is 11.3 Å². The minimum absolute atomic E-state index is 0.256. The van der Waals surface area contributed by atoms with Crippen LogP contribution in [0.5, 0.6) is 0 Å². The Morgan fingerprint density at radius 1 is 1.18 bits per heavy atom. The van der Waals surface area contributed by atoms with Gasteiger partial charge in [-0.2, -0.15) is 0 Å². The van der Waals surface area contributed by atoms with E-state index in [0.717, 1.165) is 11.1 Å². The quantitative estimate of drug-likeness (QED) is 0.800. The van der Waals surface area contributed by atoms with E-state index < -0.39 is 24.0 Å². The van der Waals surface area contributed by atoms with Crippen LogP contribution in [0.2, 0.25) is 0 Å². The predicted molar refractivity (Wildman–Crippen MR) is 80.1 cm³/mol. The summed E-state index contributed by atoms with van der Waals surface area (Å²) in [7, 11) is 1.31. The number of ether oxygens (including phenoxy) is 3. The van der Waals surface area contributed by atoms with Gasteiger partial charge in [0.05, 0.1) is 25.2 Å². The summed E-state index contributed by atoms with van der Waals surface area (Å²) in [5.41, 5.74) is 2.28. The molecule has 1 aromatic rings. The van der Waals surface area contributed by atoms with Crippen molar-refractivity contribution in [2.24, 2.45) is 0 Å². The fourth-order valence-corrected chi connectivity index (χ4v) is 2.60. The molecule has 1 heterocycles. The van der Waals surface area contributed by atoms with Gasteiger partial charge >= 0.3 is 11.9 Å². The van der Waals surface area contributed by atoms with Crippen LogP contribution in [0, 0.1) is 6.92 Å². The molecule has 1 aliphatic heterocycles. The molecule has 2 rings (SSSR count). The van der Waals surface area contributed by atoms with Crippen LogP contribution >= 0.6 is 0 Å². The SMILES string of the molecule is CCOC(=O)[C@H]1OC(C)=C(C(=O)OC)[C@@H]1c1ccc(C)cc1. The largest absolute Gasteiger partial charge is 0.482 e. The van der Waals surface area contributed by atoms with Gasteiger partial charge in [-0.1, -0.05) is 29.8 Å². The van der Waals surface area contributed by atoms with Crippen molar-refractivity contribution in [2.75, 3.05) is 13.7 Å². The highest BCUT2D eigenvalue weighted by molar-refractivity contribution is 5.94. The summed E-state index contributed by atoms with van der Waals surface area (Å²) in [5.74, 6) is -1.09. The molecule has 0 radical (unpaired) electrons. The molecule has 1 aromatic carbocycles. The first kappa shape index (κ1) is 16.1. The third kappa shape index (κ3) is 2.98. The zero-order valence-electron chi connectivity index (χ0n) is 13.2. The lowest BCUT2D eigenvalue weighted by molar-refractivity contribution is -0.153. The lowest BCUT2D eigenvalue weighted by Crippen LogP contribution is -2.30. The van der Waals surface area contributed by atoms with Gasteiger partial charge in [0.2, 0.25) is 6.10 Å². The first-order valence-electron chi connectivity index (χ1n) is 7.18. The van der Waals surface area contributed by atoms with E-state index in [4.69, 9.17) is 14.2 Å². The number of hydrogen-bond acceptors (Lipinski definition) is 5. The molecule has 22 heavy (non-hydrogen) atoms. The number of hydrogen-bond donors (Lipinski definition) is 0. The number of methoxy groups -OCH3 is 1. The topological polar surface area (TPSA) is 61.8 Å². The van der Waals surface area contributed by atoms with Gasteiger partial charge in [-0.05, 0) is 26.3 Å². The van der Waals surface area contributed by atoms with E-state index in [1.54, 1.807) is 13.8 Å². The van der Waals surface area contributed by atoms with Crippen LogP contribution in [0.15, 0.2) is 35.6 Å². The van der Waals surface area contributed by atoms with Crippen LogP contribution in [0.3, 0.4) is 0 Å². The maximum absolute atomic E-state index is 12.2. The average molecular weight is 304 g/mol. The zero-order chi connectivity index (χ0) is 16.3. The lowest BCUT2D eigenvalue weighted by Gasteiger charge is -2.19. The monoisotopic (exact) mass is 304 g/mol. The summed E-state index contributed by atoms with van der Waals surface area (Å²) >= 11 is 0. The molecule has 5 heteroatoms. The van der Waals surface area contributed by atoms with E-state index in [2.05, 4.69) is 0 Å². The van der Waals surface area contributed by atoms with Crippen molar-refractivity contribution in [2.45, 2.75) is 32.8 Å². The van der Waals surface area contributed by atoms with Gasteiger partial charge in [0.15, 0.2) is 0 Å². The van der Waals surface area contributed by atoms with Crippen molar-refractivity contribution in [1.82, 2.24) is 0 Å². The molecule has 0 saturated carbocycles. The predicted octanol–water partition coefficient (Wildman–Crippen LogP) is 2.49. The molecule has 0 unspecified atom stereocenters. The fraction of sp³-hybridized carbons (Fsp3) is 0.412. The zero-order valence-corrected chi connectivity index (χ0v) is 13.2. The fourth-order valence-electron chi connectivity index (χ4n) is 2.60. The molecule has 0 spiro atoms. The molecule has 0 bridgehead atoms. The van der Waals surface area contributed by atoms with Crippen molar-refractivity contribution < 1.29 is 23.8 Å². The highest BCUT2D eigenvalue weighted by atomic mass is 16.6. The van der Waals surface area contributed by atoms with E-state index in [1.807, 2.05) is 31.2 Å². The summed E-state index contributed by atoms with van der Waals surface area (Å²) in [6.45, 7) is 5.62. The van der Waals surface area contributed by atoms with Crippen LogP contribution in [0.1, 0.15) is 30.9 Å². The van der Waals surface area contributed by atoms with Crippen LogP contribution in [-0.2, 0) is 23.8 Å². The van der Waals surface area contributed by atoms with Crippen molar-refractivity contribution in [3.8, 4) is 0 Å². The first-order chi connectivity index (χ1) is 10.5. The van der Waals surface area contributed by atoms with Gasteiger partial charge in [0.25, 0.3) is 0 Å². The molecule has 118 valence electrons. The van der Waals surface area contributed by atoms with E-state index in [9.17, 15) is 9.59 Å². The molecule has 0 saturated heterocycles. The maximum Gasteiger partial charge on any atom is 0.348 e. The molecule has 0 aliphatic carbocycles. The summed E-state index contributed by atoms with van der Waals surface area (Å²) in [5, 5.41) is 0. The molecular formula is C17H20O5.